The lowest BCUT2D eigenvalue weighted by Crippen LogP contribution is -2.24. The fraction of sp³-hybridized carbons (Fsp3) is 0.250. The summed E-state index contributed by atoms with van der Waals surface area (Å²) in [5.41, 5.74) is 2.05. The van der Waals surface area contributed by atoms with Gasteiger partial charge in [0.2, 0.25) is 11.8 Å². The summed E-state index contributed by atoms with van der Waals surface area (Å²) in [4.78, 5) is 15.9. The number of nitrogens with zero attached hydrogens (tertiary/aromatic N) is 1. The van der Waals surface area contributed by atoms with E-state index < -0.39 is 0 Å². The predicted octanol–water partition coefficient (Wildman–Crippen LogP) is 3.29. The Hall–Kier alpha value is -1.72. The first kappa shape index (κ1) is 16.6. The summed E-state index contributed by atoms with van der Waals surface area (Å²) < 4.78 is 4.99. The zero-order valence-electron chi connectivity index (χ0n) is 12.2. The zero-order valence-corrected chi connectivity index (χ0v) is 13.8. The summed E-state index contributed by atoms with van der Waals surface area (Å²) in [5, 5.41) is 3.58. The van der Waals surface area contributed by atoms with Gasteiger partial charge in [-0.1, -0.05) is 29.8 Å². The van der Waals surface area contributed by atoms with Crippen molar-refractivity contribution in [3.8, 4) is 5.88 Å². The third-order valence-corrected chi connectivity index (χ3v) is 4.13. The minimum absolute atomic E-state index is 0.00264. The van der Waals surface area contributed by atoms with E-state index in [1.165, 1.54) is 0 Å². The maximum absolute atomic E-state index is 11.8. The molecule has 0 bridgehead atoms. The summed E-state index contributed by atoms with van der Waals surface area (Å²) in [6, 6.07) is 11.3. The normalized spacial score (nSPS) is 10.3. The number of hydrogen-bond donors (Lipinski definition) is 1. The molecule has 0 fully saturated rings. The molecule has 0 saturated carbocycles. The number of rotatable bonds is 7. The van der Waals surface area contributed by atoms with E-state index in [-0.39, 0.29) is 5.91 Å². The van der Waals surface area contributed by atoms with Crippen LogP contribution in [-0.2, 0) is 17.1 Å². The van der Waals surface area contributed by atoms with Crippen molar-refractivity contribution in [1.29, 1.82) is 0 Å². The van der Waals surface area contributed by atoms with Crippen LogP contribution in [0.25, 0.3) is 0 Å². The SMILES string of the molecule is COc1ccc(CNC(=O)CSCc2cccc(Cl)c2)cn1. The largest absolute Gasteiger partial charge is 0.481 e. The van der Waals surface area contributed by atoms with Gasteiger partial charge in [-0.05, 0) is 23.3 Å². The molecule has 1 aromatic carbocycles. The highest BCUT2D eigenvalue weighted by Crippen LogP contribution is 2.16. The van der Waals surface area contributed by atoms with Crippen LogP contribution in [0.3, 0.4) is 0 Å². The maximum Gasteiger partial charge on any atom is 0.230 e. The Morgan fingerprint density at radius 3 is 2.86 bits per heavy atom. The molecule has 1 N–H and O–H groups in total. The van der Waals surface area contributed by atoms with Crippen LogP contribution in [-0.4, -0.2) is 23.8 Å². The Morgan fingerprint density at radius 2 is 2.18 bits per heavy atom. The molecule has 0 atom stereocenters. The molecule has 0 aliphatic carbocycles. The second kappa shape index (κ2) is 8.66. The number of ether oxygens (including phenoxy) is 1. The number of pyridine rings is 1. The fourth-order valence-corrected chi connectivity index (χ4v) is 2.79. The van der Waals surface area contributed by atoms with Crippen molar-refractivity contribution < 1.29 is 9.53 Å². The van der Waals surface area contributed by atoms with Gasteiger partial charge in [-0.2, -0.15) is 0 Å². The first-order valence-electron chi connectivity index (χ1n) is 6.75. The van der Waals surface area contributed by atoms with E-state index in [9.17, 15) is 4.79 Å². The number of benzene rings is 1. The number of hydrogen-bond acceptors (Lipinski definition) is 4. The van der Waals surface area contributed by atoms with E-state index in [1.807, 2.05) is 30.3 Å². The molecule has 1 aromatic heterocycles. The van der Waals surface area contributed by atoms with Gasteiger partial charge in [0.25, 0.3) is 0 Å². The third kappa shape index (κ3) is 5.58. The average molecular weight is 337 g/mol. The van der Waals surface area contributed by atoms with Crippen LogP contribution in [0.4, 0.5) is 0 Å². The lowest BCUT2D eigenvalue weighted by Gasteiger charge is -2.06. The van der Waals surface area contributed by atoms with Crippen molar-refractivity contribution in [2.75, 3.05) is 12.9 Å². The molecule has 116 valence electrons. The molecule has 4 nitrogen and oxygen atoms in total. The minimum atomic E-state index is 0.00264. The number of thioether (sulfide) groups is 1. The van der Waals surface area contributed by atoms with Crippen LogP contribution in [0.1, 0.15) is 11.1 Å². The molecule has 0 spiro atoms. The Kier molecular flexibility index (Phi) is 6.55. The first-order valence-corrected chi connectivity index (χ1v) is 8.28. The van der Waals surface area contributed by atoms with E-state index in [1.54, 1.807) is 31.1 Å². The molecular weight excluding hydrogens is 320 g/mol. The lowest BCUT2D eigenvalue weighted by molar-refractivity contribution is -0.118. The molecule has 0 radical (unpaired) electrons. The number of halogens is 1. The topological polar surface area (TPSA) is 51.2 Å². The van der Waals surface area contributed by atoms with Crippen molar-refractivity contribution in [2.45, 2.75) is 12.3 Å². The highest BCUT2D eigenvalue weighted by atomic mass is 35.5. The molecule has 0 saturated heterocycles. The summed E-state index contributed by atoms with van der Waals surface area (Å²) in [7, 11) is 1.57. The van der Waals surface area contributed by atoms with E-state index >= 15 is 0 Å². The van der Waals surface area contributed by atoms with Gasteiger partial charge in [0.05, 0.1) is 12.9 Å². The van der Waals surface area contributed by atoms with Crippen molar-refractivity contribution in [1.82, 2.24) is 10.3 Å². The molecule has 6 heteroatoms. The molecule has 0 aliphatic heterocycles. The number of methoxy groups -OCH3 is 1. The van der Waals surface area contributed by atoms with E-state index in [2.05, 4.69) is 10.3 Å². The van der Waals surface area contributed by atoms with Crippen molar-refractivity contribution >= 4 is 29.3 Å². The molecule has 2 aromatic rings. The fourth-order valence-electron chi connectivity index (χ4n) is 1.78. The van der Waals surface area contributed by atoms with Crippen LogP contribution in [0.15, 0.2) is 42.6 Å². The predicted molar refractivity (Wildman–Crippen MR) is 90.2 cm³/mol. The Labute approximate surface area is 139 Å². The third-order valence-electron chi connectivity index (χ3n) is 2.89. The summed E-state index contributed by atoms with van der Waals surface area (Å²) in [5.74, 6) is 1.74. The van der Waals surface area contributed by atoms with Gasteiger partial charge in [0, 0.05) is 29.6 Å². The number of carbonyl (C=O) groups is 1. The van der Waals surface area contributed by atoms with Gasteiger partial charge in [0.15, 0.2) is 0 Å². The summed E-state index contributed by atoms with van der Waals surface area (Å²) >= 11 is 7.48. The van der Waals surface area contributed by atoms with Crippen LogP contribution >= 0.6 is 23.4 Å². The molecule has 22 heavy (non-hydrogen) atoms. The molecule has 1 amide bonds. The Morgan fingerprint density at radius 1 is 1.32 bits per heavy atom. The van der Waals surface area contributed by atoms with Crippen LogP contribution in [0.2, 0.25) is 5.02 Å². The second-order valence-electron chi connectivity index (χ2n) is 4.61. The highest BCUT2D eigenvalue weighted by Gasteiger charge is 2.03. The number of nitrogens with one attached hydrogen (secondary N) is 1. The molecule has 1 heterocycles. The van der Waals surface area contributed by atoms with Gasteiger partial charge in [-0.25, -0.2) is 4.98 Å². The summed E-state index contributed by atoms with van der Waals surface area (Å²) in [6.07, 6.45) is 1.69. The maximum atomic E-state index is 11.8. The van der Waals surface area contributed by atoms with E-state index in [0.29, 0.717) is 18.2 Å². The highest BCUT2D eigenvalue weighted by molar-refractivity contribution is 7.99. The van der Waals surface area contributed by atoms with Gasteiger partial charge in [0.1, 0.15) is 0 Å². The molecule has 0 unspecified atom stereocenters. The monoisotopic (exact) mass is 336 g/mol. The van der Waals surface area contributed by atoms with Crippen molar-refractivity contribution in [3.63, 3.8) is 0 Å². The van der Waals surface area contributed by atoms with Gasteiger partial charge >= 0.3 is 0 Å². The average Bonchev–Trinajstić information content (AvgIpc) is 2.53. The molecular formula is C16H17ClN2O2S. The van der Waals surface area contributed by atoms with E-state index in [0.717, 1.165) is 21.9 Å². The van der Waals surface area contributed by atoms with Crippen molar-refractivity contribution in [2.24, 2.45) is 0 Å². The number of carbonyl (C=O) groups excluding carboxylic acids is 1. The number of amides is 1. The van der Waals surface area contributed by atoms with Gasteiger partial charge < -0.3 is 10.1 Å². The van der Waals surface area contributed by atoms with Gasteiger partial charge in [-0.15, -0.1) is 11.8 Å². The van der Waals surface area contributed by atoms with E-state index in [4.69, 9.17) is 16.3 Å². The minimum Gasteiger partial charge on any atom is -0.481 e. The van der Waals surface area contributed by atoms with Crippen LogP contribution in [0.5, 0.6) is 5.88 Å². The Bertz CT molecular complexity index is 620. The van der Waals surface area contributed by atoms with Crippen LogP contribution in [0, 0.1) is 0 Å². The summed E-state index contributed by atoms with van der Waals surface area (Å²) in [6.45, 7) is 0.466. The first-order chi connectivity index (χ1) is 10.7. The van der Waals surface area contributed by atoms with Gasteiger partial charge in [-0.3, -0.25) is 4.79 Å². The van der Waals surface area contributed by atoms with Crippen molar-refractivity contribution in [3.05, 3.63) is 58.7 Å². The van der Waals surface area contributed by atoms with Crippen LogP contribution < -0.4 is 10.1 Å². The number of aromatic nitrogens is 1. The molecule has 2 rings (SSSR count). The standard InChI is InChI=1S/C16H17ClN2O2S/c1-21-16-6-5-13(9-19-16)8-18-15(20)11-22-10-12-3-2-4-14(17)7-12/h2-7,9H,8,10-11H2,1H3,(H,18,20). The quantitative estimate of drug-likeness (QED) is 0.843. The second-order valence-corrected chi connectivity index (χ2v) is 6.03. The molecule has 0 aliphatic rings. The Balaban J connectivity index is 1.69. The zero-order chi connectivity index (χ0) is 15.8. The smallest absolute Gasteiger partial charge is 0.230 e. The lowest BCUT2D eigenvalue weighted by atomic mass is 10.2.